The summed E-state index contributed by atoms with van der Waals surface area (Å²) in [6, 6.07) is 4.18. The zero-order chi connectivity index (χ0) is 18.6. The van der Waals surface area contributed by atoms with Crippen molar-refractivity contribution >= 4 is 33.2 Å². The molecule has 0 aliphatic carbocycles. The van der Waals surface area contributed by atoms with Gasteiger partial charge in [-0.1, -0.05) is 30.1 Å². The molecule has 0 spiro atoms. The Kier molecular flexibility index (Phi) is 6.73. The van der Waals surface area contributed by atoms with Crippen LogP contribution in [0.1, 0.15) is 38.9 Å². The van der Waals surface area contributed by atoms with Crippen LogP contribution < -0.4 is 9.46 Å². The lowest BCUT2D eigenvalue weighted by Gasteiger charge is -2.17. The van der Waals surface area contributed by atoms with Crippen molar-refractivity contribution < 1.29 is 13.2 Å². The Morgan fingerprint density at radius 2 is 2.00 bits per heavy atom. The third kappa shape index (κ3) is 4.67. The molecule has 1 unspecified atom stereocenters. The van der Waals surface area contributed by atoms with Gasteiger partial charge in [-0.2, -0.15) is 0 Å². The van der Waals surface area contributed by atoms with Crippen LogP contribution in [0.25, 0.3) is 0 Å². The maximum absolute atomic E-state index is 12.6. The van der Waals surface area contributed by atoms with Crippen LogP contribution in [-0.4, -0.2) is 24.6 Å². The Bertz CT molecular complexity index is 837. The summed E-state index contributed by atoms with van der Waals surface area (Å²) < 4.78 is 35.2. The van der Waals surface area contributed by atoms with E-state index in [0.29, 0.717) is 24.2 Å². The molecule has 0 aliphatic heterocycles. The molecule has 0 fully saturated rings. The molecular formula is C16H21Cl2N3O3S. The molecule has 1 aromatic heterocycles. The lowest BCUT2D eigenvalue weighted by atomic mass is 10.3. The topological polar surface area (TPSA) is 73.2 Å². The molecule has 0 radical (unpaired) electrons. The summed E-state index contributed by atoms with van der Waals surface area (Å²) in [6.45, 7) is 6.88. The van der Waals surface area contributed by atoms with Gasteiger partial charge in [-0.15, -0.1) is 0 Å². The van der Waals surface area contributed by atoms with Crippen molar-refractivity contribution in [2.75, 3.05) is 6.61 Å². The first-order chi connectivity index (χ1) is 11.8. The zero-order valence-electron chi connectivity index (χ0n) is 14.3. The van der Waals surface area contributed by atoms with E-state index < -0.39 is 16.1 Å². The molecule has 1 aromatic carbocycles. The average Bonchev–Trinajstić information content (AvgIpc) is 2.97. The number of benzene rings is 1. The van der Waals surface area contributed by atoms with E-state index in [1.807, 2.05) is 18.4 Å². The Morgan fingerprint density at radius 3 is 2.60 bits per heavy atom. The monoisotopic (exact) mass is 405 g/mol. The Morgan fingerprint density at radius 1 is 1.28 bits per heavy atom. The molecule has 1 atom stereocenters. The number of aromatic nitrogens is 2. The quantitative estimate of drug-likeness (QED) is 0.718. The molecule has 2 rings (SSSR count). The highest BCUT2D eigenvalue weighted by molar-refractivity contribution is 7.89. The van der Waals surface area contributed by atoms with Crippen molar-refractivity contribution in [3.05, 3.63) is 40.1 Å². The summed E-state index contributed by atoms with van der Waals surface area (Å²) in [6.07, 6.45) is 2.49. The Labute approximate surface area is 158 Å². The number of hydrogen-bond acceptors (Lipinski definition) is 4. The number of hydrogen-bond donors (Lipinski definition) is 1. The van der Waals surface area contributed by atoms with Crippen LogP contribution in [0.5, 0.6) is 6.01 Å². The van der Waals surface area contributed by atoms with E-state index in [2.05, 4.69) is 9.71 Å². The number of nitrogens with zero attached hydrogens (tertiary/aromatic N) is 2. The molecule has 1 heterocycles. The van der Waals surface area contributed by atoms with Gasteiger partial charge in [0.1, 0.15) is 0 Å². The predicted molar refractivity (Wildman–Crippen MR) is 98.9 cm³/mol. The maximum Gasteiger partial charge on any atom is 0.296 e. The van der Waals surface area contributed by atoms with Crippen molar-refractivity contribution in [2.45, 2.75) is 44.7 Å². The molecule has 6 nitrogen and oxygen atoms in total. The number of nitrogens with one attached hydrogen (secondary N) is 1. The van der Waals surface area contributed by atoms with Gasteiger partial charge in [-0.05, 0) is 38.5 Å². The van der Waals surface area contributed by atoms with Gasteiger partial charge in [0.25, 0.3) is 6.01 Å². The van der Waals surface area contributed by atoms with Crippen molar-refractivity contribution in [1.29, 1.82) is 0 Å². The van der Waals surface area contributed by atoms with Gasteiger partial charge in [-0.25, -0.2) is 18.1 Å². The number of ether oxygens (including phenoxy) is 1. The van der Waals surface area contributed by atoms with Crippen molar-refractivity contribution in [2.24, 2.45) is 0 Å². The Balaban J connectivity index is 2.24. The number of halogens is 2. The van der Waals surface area contributed by atoms with Gasteiger partial charge in [0, 0.05) is 6.54 Å². The van der Waals surface area contributed by atoms with Crippen LogP contribution in [0.3, 0.4) is 0 Å². The third-order valence-corrected chi connectivity index (χ3v) is 5.86. The second-order valence-electron chi connectivity index (χ2n) is 5.48. The summed E-state index contributed by atoms with van der Waals surface area (Å²) in [5, 5.41) is 0.487. The van der Waals surface area contributed by atoms with Gasteiger partial charge in [0.15, 0.2) is 0 Å². The molecule has 2 aromatic rings. The molecule has 9 heteroatoms. The van der Waals surface area contributed by atoms with Gasteiger partial charge in [0.2, 0.25) is 10.0 Å². The minimum Gasteiger partial charge on any atom is -0.465 e. The summed E-state index contributed by atoms with van der Waals surface area (Å²) in [4.78, 5) is 4.30. The van der Waals surface area contributed by atoms with Crippen molar-refractivity contribution in [1.82, 2.24) is 14.3 Å². The highest BCUT2D eigenvalue weighted by atomic mass is 35.5. The zero-order valence-corrected chi connectivity index (χ0v) is 16.6. The van der Waals surface area contributed by atoms with Crippen LogP contribution in [0.4, 0.5) is 0 Å². The highest BCUT2D eigenvalue weighted by Crippen LogP contribution is 2.26. The SMILES string of the molecule is CCCOc1ncc(C(C)NS(=O)(=O)c2ccc(Cl)c(Cl)c2)n1CC. The fourth-order valence-corrected chi connectivity index (χ4v) is 3.95. The van der Waals surface area contributed by atoms with E-state index in [0.717, 1.165) is 12.1 Å². The fourth-order valence-electron chi connectivity index (χ4n) is 2.35. The van der Waals surface area contributed by atoms with Crippen LogP contribution >= 0.6 is 23.2 Å². The predicted octanol–water partition coefficient (Wildman–Crippen LogP) is 4.04. The molecule has 138 valence electrons. The minimum atomic E-state index is -3.75. The lowest BCUT2D eigenvalue weighted by Crippen LogP contribution is -2.28. The van der Waals surface area contributed by atoms with E-state index in [9.17, 15) is 8.42 Å². The first-order valence-corrected chi connectivity index (χ1v) is 10.2. The molecule has 0 saturated heterocycles. The molecule has 0 aliphatic rings. The molecule has 0 amide bonds. The first-order valence-electron chi connectivity index (χ1n) is 7.95. The van der Waals surface area contributed by atoms with Gasteiger partial charge in [-0.3, -0.25) is 4.57 Å². The van der Waals surface area contributed by atoms with E-state index in [-0.39, 0.29) is 9.92 Å². The fraction of sp³-hybridized carbons (Fsp3) is 0.438. The van der Waals surface area contributed by atoms with E-state index in [1.54, 1.807) is 13.1 Å². The molecule has 25 heavy (non-hydrogen) atoms. The number of imidazole rings is 1. The summed E-state index contributed by atoms with van der Waals surface area (Å²) in [5.41, 5.74) is 0.720. The second-order valence-corrected chi connectivity index (χ2v) is 8.01. The molecule has 0 saturated carbocycles. The van der Waals surface area contributed by atoms with E-state index >= 15 is 0 Å². The lowest BCUT2D eigenvalue weighted by molar-refractivity contribution is 0.277. The summed E-state index contributed by atoms with van der Waals surface area (Å²) in [5.74, 6) is 0. The minimum absolute atomic E-state index is 0.0544. The standard InChI is InChI=1S/C16H21Cl2N3O3S/c1-4-8-24-16-19-10-15(21(16)5-2)11(3)20-25(22,23)12-6-7-13(17)14(18)9-12/h6-7,9-11,20H,4-5,8H2,1-3H3. The van der Waals surface area contributed by atoms with Gasteiger partial charge < -0.3 is 4.74 Å². The third-order valence-electron chi connectivity index (χ3n) is 3.58. The molecule has 1 N–H and O–H groups in total. The summed E-state index contributed by atoms with van der Waals surface area (Å²) >= 11 is 11.8. The van der Waals surface area contributed by atoms with Crippen LogP contribution in [0.2, 0.25) is 10.0 Å². The molecule has 0 bridgehead atoms. The van der Waals surface area contributed by atoms with E-state index in [4.69, 9.17) is 27.9 Å². The highest BCUT2D eigenvalue weighted by Gasteiger charge is 2.23. The first kappa shape index (κ1) is 20.0. The van der Waals surface area contributed by atoms with Crippen LogP contribution in [0, 0.1) is 0 Å². The van der Waals surface area contributed by atoms with Crippen LogP contribution in [0.15, 0.2) is 29.3 Å². The second kappa shape index (κ2) is 8.40. The number of rotatable bonds is 8. The van der Waals surface area contributed by atoms with Crippen LogP contribution in [-0.2, 0) is 16.6 Å². The average molecular weight is 406 g/mol. The summed E-state index contributed by atoms with van der Waals surface area (Å²) in [7, 11) is -3.75. The Hall–Kier alpha value is -1.28. The van der Waals surface area contributed by atoms with Crippen molar-refractivity contribution in [3.8, 4) is 6.01 Å². The number of sulfonamides is 1. The maximum atomic E-state index is 12.6. The van der Waals surface area contributed by atoms with E-state index in [1.165, 1.54) is 18.2 Å². The smallest absolute Gasteiger partial charge is 0.296 e. The molecular weight excluding hydrogens is 385 g/mol. The van der Waals surface area contributed by atoms with Gasteiger partial charge >= 0.3 is 0 Å². The van der Waals surface area contributed by atoms with Gasteiger partial charge in [0.05, 0.1) is 39.5 Å². The van der Waals surface area contributed by atoms with Crippen molar-refractivity contribution in [3.63, 3.8) is 0 Å². The normalized spacial score (nSPS) is 13.0. The largest absolute Gasteiger partial charge is 0.465 e.